The highest BCUT2D eigenvalue weighted by Crippen LogP contribution is 2.24. The van der Waals surface area contributed by atoms with Gasteiger partial charge in [0.05, 0.1) is 11.0 Å². The van der Waals surface area contributed by atoms with E-state index in [1.165, 1.54) is 12.1 Å². The number of hydrogen-bond acceptors (Lipinski definition) is 6. The van der Waals surface area contributed by atoms with Gasteiger partial charge in [0, 0.05) is 38.2 Å². The quantitative estimate of drug-likeness (QED) is 0.444. The van der Waals surface area contributed by atoms with Crippen LogP contribution >= 0.6 is 0 Å². The molecule has 0 spiro atoms. The van der Waals surface area contributed by atoms with E-state index in [4.69, 9.17) is 9.47 Å². The Hall–Kier alpha value is -1.70. The summed E-state index contributed by atoms with van der Waals surface area (Å²) in [7, 11) is 0. The Morgan fingerprint density at radius 3 is 2.81 bits per heavy atom. The maximum Gasteiger partial charge on any atom is 0.269 e. The van der Waals surface area contributed by atoms with Crippen LogP contribution in [0.4, 0.5) is 5.69 Å². The molecule has 0 bridgehead atoms. The lowest BCUT2D eigenvalue weighted by Gasteiger charge is -2.26. The van der Waals surface area contributed by atoms with Gasteiger partial charge in [0.1, 0.15) is 18.0 Å². The molecule has 1 aliphatic rings. The Balaban J connectivity index is 1.67. The lowest BCUT2D eigenvalue weighted by molar-refractivity contribution is -0.384. The van der Waals surface area contributed by atoms with E-state index < -0.39 is 10.5 Å². The minimum Gasteiger partial charge on any atom is -0.492 e. The van der Waals surface area contributed by atoms with Crippen molar-refractivity contribution in [1.82, 2.24) is 5.32 Å². The molecule has 1 aliphatic heterocycles. The first kappa shape index (κ1) is 15.7. The highest BCUT2D eigenvalue weighted by atomic mass is 16.6. The van der Waals surface area contributed by atoms with Crippen LogP contribution in [0.25, 0.3) is 0 Å². The van der Waals surface area contributed by atoms with Crippen LogP contribution in [0.1, 0.15) is 13.3 Å². The van der Waals surface area contributed by atoms with Crippen molar-refractivity contribution in [2.45, 2.75) is 25.0 Å². The molecule has 7 nitrogen and oxygen atoms in total. The summed E-state index contributed by atoms with van der Waals surface area (Å²) in [5.74, 6) is 0.582. The molecule has 1 aromatic carbocycles. The molecule has 0 amide bonds. The van der Waals surface area contributed by atoms with Crippen molar-refractivity contribution in [3.8, 4) is 5.75 Å². The Morgan fingerprint density at radius 2 is 2.24 bits per heavy atom. The number of non-ortho nitro benzene ring substituents is 1. The maximum atomic E-state index is 10.5. The minimum absolute atomic E-state index is 0.0397. The summed E-state index contributed by atoms with van der Waals surface area (Å²) in [5.41, 5.74) is -0.772. The highest BCUT2D eigenvalue weighted by molar-refractivity contribution is 5.35. The van der Waals surface area contributed by atoms with Crippen LogP contribution in [0.15, 0.2) is 24.3 Å². The topological polar surface area (TPSA) is 93.9 Å². The zero-order valence-electron chi connectivity index (χ0n) is 11.9. The van der Waals surface area contributed by atoms with E-state index in [2.05, 4.69) is 5.32 Å². The largest absolute Gasteiger partial charge is 0.492 e. The molecule has 1 saturated heterocycles. The second-order valence-electron chi connectivity index (χ2n) is 5.14. The number of aliphatic hydroxyl groups is 1. The van der Waals surface area contributed by atoms with Crippen molar-refractivity contribution in [3.63, 3.8) is 0 Å². The summed E-state index contributed by atoms with van der Waals surface area (Å²) < 4.78 is 10.8. The Morgan fingerprint density at radius 1 is 1.52 bits per heavy atom. The van der Waals surface area contributed by atoms with E-state index in [0.29, 0.717) is 38.5 Å². The van der Waals surface area contributed by atoms with E-state index in [0.717, 1.165) is 0 Å². The molecule has 21 heavy (non-hydrogen) atoms. The monoisotopic (exact) mass is 296 g/mol. The van der Waals surface area contributed by atoms with Crippen LogP contribution in [0.3, 0.4) is 0 Å². The van der Waals surface area contributed by atoms with Crippen molar-refractivity contribution < 1.29 is 19.5 Å². The molecule has 1 aromatic rings. The Labute approximate surface area is 123 Å². The molecule has 1 heterocycles. The van der Waals surface area contributed by atoms with Crippen molar-refractivity contribution in [3.05, 3.63) is 34.4 Å². The number of nitrogens with zero attached hydrogens (tertiary/aromatic N) is 1. The molecule has 2 unspecified atom stereocenters. The summed E-state index contributed by atoms with van der Waals surface area (Å²) in [5, 5.41) is 23.9. The molecule has 2 rings (SSSR count). The van der Waals surface area contributed by atoms with Gasteiger partial charge in [0.25, 0.3) is 5.69 Å². The van der Waals surface area contributed by atoms with Crippen molar-refractivity contribution in [2.75, 3.05) is 26.3 Å². The van der Waals surface area contributed by atoms with E-state index in [1.807, 2.05) is 6.92 Å². The third kappa shape index (κ3) is 4.13. The molecule has 7 heteroatoms. The first-order valence-electron chi connectivity index (χ1n) is 6.93. The first-order chi connectivity index (χ1) is 10.0. The lowest BCUT2D eigenvalue weighted by Crippen LogP contribution is -2.46. The number of nitro benzene ring substituents is 1. The van der Waals surface area contributed by atoms with E-state index >= 15 is 0 Å². The van der Waals surface area contributed by atoms with Gasteiger partial charge in [-0.25, -0.2) is 0 Å². The second-order valence-corrected chi connectivity index (χ2v) is 5.14. The van der Waals surface area contributed by atoms with Crippen molar-refractivity contribution in [2.24, 2.45) is 0 Å². The van der Waals surface area contributed by atoms with E-state index in [-0.39, 0.29) is 11.8 Å². The molecule has 0 radical (unpaired) electrons. The fourth-order valence-corrected chi connectivity index (χ4v) is 2.21. The molecule has 0 aliphatic carbocycles. The average Bonchev–Trinajstić information content (AvgIpc) is 2.79. The van der Waals surface area contributed by atoms with Crippen LogP contribution in [-0.2, 0) is 4.74 Å². The average molecular weight is 296 g/mol. The Kier molecular flexibility index (Phi) is 5.11. The maximum absolute atomic E-state index is 10.5. The van der Waals surface area contributed by atoms with Gasteiger partial charge < -0.3 is 19.9 Å². The van der Waals surface area contributed by atoms with E-state index in [1.54, 1.807) is 12.1 Å². The van der Waals surface area contributed by atoms with Gasteiger partial charge in [-0.15, -0.1) is 0 Å². The van der Waals surface area contributed by atoms with Crippen molar-refractivity contribution >= 4 is 5.69 Å². The lowest BCUT2D eigenvalue weighted by atomic mass is 9.97. The zero-order chi connectivity index (χ0) is 15.3. The SMILES string of the molecule is CC1OCCC1(O)CNCCOc1ccc([N+](=O)[O-])cc1. The fourth-order valence-electron chi connectivity index (χ4n) is 2.21. The third-order valence-corrected chi connectivity index (χ3v) is 3.69. The number of nitro groups is 1. The van der Waals surface area contributed by atoms with Crippen LogP contribution in [0.5, 0.6) is 5.75 Å². The van der Waals surface area contributed by atoms with Gasteiger partial charge in [-0.2, -0.15) is 0 Å². The number of benzene rings is 1. The van der Waals surface area contributed by atoms with Crippen LogP contribution < -0.4 is 10.1 Å². The van der Waals surface area contributed by atoms with Gasteiger partial charge in [0.15, 0.2) is 0 Å². The molecule has 2 atom stereocenters. The first-order valence-corrected chi connectivity index (χ1v) is 6.93. The van der Waals surface area contributed by atoms with Crippen LogP contribution in [-0.4, -0.2) is 48.0 Å². The normalized spacial score (nSPS) is 25.0. The zero-order valence-corrected chi connectivity index (χ0v) is 11.9. The van der Waals surface area contributed by atoms with E-state index in [9.17, 15) is 15.2 Å². The molecule has 2 N–H and O–H groups in total. The summed E-state index contributed by atoms with van der Waals surface area (Å²) in [6.07, 6.45) is 0.463. The minimum atomic E-state index is -0.812. The number of nitrogens with one attached hydrogen (secondary N) is 1. The van der Waals surface area contributed by atoms with Gasteiger partial charge in [0.2, 0.25) is 0 Å². The third-order valence-electron chi connectivity index (χ3n) is 3.69. The number of rotatable bonds is 7. The smallest absolute Gasteiger partial charge is 0.269 e. The number of ether oxygens (including phenoxy) is 2. The predicted molar refractivity (Wildman–Crippen MR) is 76.4 cm³/mol. The molecule has 0 saturated carbocycles. The summed E-state index contributed by atoms with van der Waals surface area (Å²) in [6.45, 7) is 3.90. The van der Waals surface area contributed by atoms with Gasteiger partial charge in [-0.1, -0.05) is 0 Å². The summed E-state index contributed by atoms with van der Waals surface area (Å²) in [4.78, 5) is 10.1. The van der Waals surface area contributed by atoms with Gasteiger partial charge in [-0.3, -0.25) is 10.1 Å². The van der Waals surface area contributed by atoms with Gasteiger partial charge in [-0.05, 0) is 19.1 Å². The Bertz CT molecular complexity index is 479. The summed E-state index contributed by atoms with van der Waals surface area (Å²) >= 11 is 0. The second kappa shape index (κ2) is 6.84. The molecule has 0 aromatic heterocycles. The van der Waals surface area contributed by atoms with Crippen LogP contribution in [0, 0.1) is 10.1 Å². The molecular weight excluding hydrogens is 276 g/mol. The van der Waals surface area contributed by atoms with Gasteiger partial charge >= 0.3 is 0 Å². The standard InChI is InChI=1S/C14H20N2O5/c1-11-14(17,6-8-20-11)10-15-7-9-21-13-4-2-12(3-5-13)16(18)19/h2-5,11,15,17H,6-10H2,1H3. The molecule has 116 valence electrons. The van der Waals surface area contributed by atoms with Crippen LogP contribution in [0.2, 0.25) is 0 Å². The van der Waals surface area contributed by atoms with Crippen molar-refractivity contribution in [1.29, 1.82) is 0 Å². The number of hydrogen-bond donors (Lipinski definition) is 2. The molecule has 1 fully saturated rings. The highest BCUT2D eigenvalue weighted by Gasteiger charge is 2.38. The predicted octanol–water partition coefficient (Wildman–Crippen LogP) is 1.10. The summed E-state index contributed by atoms with van der Waals surface area (Å²) in [6, 6.07) is 5.95. The fraction of sp³-hybridized carbons (Fsp3) is 0.571. The molecular formula is C14H20N2O5.